The van der Waals surface area contributed by atoms with Crippen LogP contribution in [-0.4, -0.2) is 48.5 Å². The molecule has 1 saturated carbocycles. The largest absolute Gasteiger partial charge is 0.371 e. The molecule has 0 bridgehead atoms. The first-order chi connectivity index (χ1) is 12.6. The zero-order valence-electron chi connectivity index (χ0n) is 15.2. The number of rotatable bonds is 7. The van der Waals surface area contributed by atoms with Gasteiger partial charge in [-0.2, -0.15) is 0 Å². The molecule has 1 aliphatic carbocycles. The molecule has 1 aromatic rings. The normalized spacial score (nSPS) is 24.5. The van der Waals surface area contributed by atoms with Crippen LogP contribution in [0.15, 0.2) is 30.3 Å². The van der Waals surface area contributed by atoms with Gasteiger partial charge in [-0.3, -0.25) is 14.5 Å². The van der Waals surface area contributed by atoms with Gasteiger partial charge in [0.15, 0.2) is 0 Å². The Morgan fingerprint density at radius 1 is 1.12 bits per heavy atom. The van der Waals surface area contributed by atoms with Crippen molar-refractivity contribution in [3.05, 3.63) is 35.9 Å². The van der Waals surface area contributed by atoms with E-state index in [4.69, 9.17) is 10.5 Å². The summed E-state index contributed by atoms with van der Waals surface area (Å²) >= 11 is 0. The van der Waals surface area contributed by atoms with Crippen molar-refractivity contribution in [1.29, 1.82) is 0 Å². The second-order valence-corrected chi connectivity index (χ2v) is 7.39. The maximum atomic E-state index is 12.4. The molecule has 0 unspecified atom stereocenters. The summed E-state index contributed by atoms with van der Waals surface area (Å²) in [5.74, 6) is -0.221. The Balaban J connectivity index is 1.41. The van der Waals surface area contributed by atoms with Crippen molar-refractivity contribution in [3.8, 4) is 0 Å². The van der Waals surface area contributed by atoms with E-state index in [1.54, 1.807) is 0 Å². The number of carbonyl (C=O) groups excluding carboxylic acids is 2. The minimum absolute atomic E-state index is 0.0417. The first-order valence-electron chi connectivity index (χ1n) is 9.58. The number of nitrogens with zero attached hydrogens (tertiary/aromatic N) is 1. The van der Waals surface area contributed by atoms with Crippen molar-refractivity contribution in [2.45, 2.75) is 50.9 Å². The fourth-order valence-electron chi connectivity index (χ4n) is 3.90. The average molecular weight is 359 g/mol. The lowest BCUT2D eigenvalue weighted by Gasteiger charge is -2.30. The highest BCUT2D eigenvalue weighted by atomic mass is 16.5. The third-order valence-electron chi connectivity index (χ3n) is 5.46. The number of hydrogen-bond acceptors (Lipinski definition) is 4. The van der Waals surface area contributed by atoms with E-state index in [-0.39, 0.29) is 29.9 Å². The molecule has 6 heteroatoms. The van der Waals surface area contributed by atoms with Crippen LogP contribution in [0.4, 0.5) is 0 Å². The number of nitrogens with two attached hydrogens (primary N) is 1. The second-order valence-electron chi connectivity index (χ2n) is 7.39. The third-order valence-corrected chi connectivity index (χ3v) is 5.46. The summed E-state index contributed by atoms with van der Waals surface area (Å²) in [6, 6.07) is 10.2. The van der Waals surface area contributed by atoms with Crippen LogP contribution in [0.1, 0.15) is 37.7 Å². The fourth-order valence-corrected chi connectivity index (χ4v) is 3.90. The molecule has 0 spiro atoms. The lowest BCUT2D eigenvalue weighted by atomic mass is 9.96. The minimum Gasteiger partial charge on any atom is -0.371 e. The molecule has 2 amide bonds. The molecule has 0 aromatic heterocycles. The fraction of sp³-hybridized carbons (Fsp3) is 0.600. The molecule has 2 atom stereocenters. The highest BCUT2D eigenvalue weighted by molar-refractivity contribution is 5.79. The van der Waals surface area contributed by atoms with Crippen molar-refractivity contribution in [1.82, 2.24) is 10.2 Å². The van der Waals surface area contributed by atoms with Crippen molar-refractivity contribution in [2.75, 3.05) is 19.6 Å². The van der Waals surface area contributed by atoms with Gasteiger partial charge in [0.25, 0.3) is 0 Å². The van der Waals surface area contributed by atoms with E-state index >= 15 is 0 Å². The first kappa shape index (κ1) is 18.9. The number of amides is 2. The first-order valence-corrected chi connectivity index (χ1v) is 9.58. The lowest BCUT2D eigenvalue weighted by Crippen LogP contribution is -2.47. The Kier molecular flexibility index (Phi) is 6.63. The molecule has 2 fully saturated rings. The van der Waals surface area contributed by atoms with Crippen LogP contribution in [0, 0.1) is 5.92 Å². The second kappa shape index (κ2) is 9.14. The van der Waals surface area contributed by atoms with E-state index < -0.39 is 0 Å². The van der Waals surface area contributed by atoms with Crippen LogP contribution in [-0.2, 0) is 20.9 Å². The molecular weight excluding hydrogens is 330 g/mol. The van der Waals surface area contributed by atoms with E-state index in [1.165, 1.54) is 0 Å². The highest BCUT2D eigenvalue weighted by Gasteiger charge is 2.30. The van der Waals surface area contributed by atoms with Gasteiger partial charge in [-0.25, -0.2) is 0 Å². The summed E-state index contributed by atoms with van der Waals surface area (Å²) in [7, 11) is 0. The summed E-state index contributed by atoms with van der Waals surface area (Å²) in [4.78, 5) is 25.7. The number of primary amides is 1. The molecule has 1 saturated heterocycles. The van der Waals surface area contributed by atoms with Gasteiger partial charge < -0.3 is 15.8 Å². The lowest BCUT2D eigenvalue weighted by molar-refractivity contribution is -0.125. The van der Waals surface area contributed by atoms with E-state index in [0.717, 1.165) is 50.8 Å². The van der Waals surface area contributed by atoms with Crippen LogP contribution in [0.2, 0.25) is 0 Å². The minimum atomic E-state index is -0.224. The third kappa shape index (κ3) is 5.29. The summed E-state index contributed by atoms with van der Waals surface area (Å²) in [5.41, 5.74) is 6.51. The smallest absolute Gasteiger partial charge is 0.234 e. The number of carbonyl (C=O) groups is 2. The van der Waals surface area contributed by atoms with Gasteiger partial charge in [0, 0.05) is 5.92 Å². The predicted octanol–water partition coefficient (Wildman–Crippen LogP) is 1.44. The van der Waals surface area contributed by atoms with E-state index in [0.29, 0.717) is 13.2 Å². The summed E-state index contributed by atoms with van der Waals surface area (Å²) in [6.45, 7) is 2.46. The number of piperidine rings is 1. The van der Waals surface area contributed by atoms with Gasteiger partial charge in [-0.05, 0) is 50.8 Å². The molecule has 3 rings (SSSR count). The average Bonchev–Trinajstić information content (AvgIpc) is 3.08. The van der Waals surface area contributed by atoms with Crippen molar-refractivity contribution < 1.29 is 14.3 Å². The summed E-state index contributed by atoms with van der Waals surface area (Å²) < 4.78 is 6.05. The Labute approximate surface area is 155 Å². The molecule has 3 N–H and O–H groups in total. The summed E-state index contributed by atoms with van der Waals surface area (Å²) in [6.07, 6.45) is 4.61. The van der Waals surface area contributed by atoms with Gasteiger partial charge in [0.2, 0.25) is 11.8 Å². The quantitative estimate of drug-likeness (QED) is 0.771. The maximum absolute atomic E-state index is 12.4. The zero-order valence-corrected chi connectivity index (χ0v) is 15.2. The van der Waals surface area contributed by atoms with Gasteiger partial charge >= 0.3 is 0 Å². The molecule has 1 aliphatic heterocycles. The Morgan fingerprint density at radius 3 is 2.54 bits per heavy atom. The van der Waals surface area contributed by atoms with Crippen LogP contribution in [0.5, 0.6) is 0 Å². The Hall–Kier alpha value is -1.92. The molecule has 1 aromatic carbocycles. The molecule has 2 aliphatic rings. The Bertz CT molecular complexity index is 600. The standard InChI is InChI=1S/C20H29N3O3/c21-20(25)16-9-11-23(12-10-16)13-19(24)22-17-7-4-8-18(17)26-14-15-5-2-1-3-6-15/h1-3,5-6,16-18H,4,7-14H2,(H2,21,25)(H,22,24)/t17-,18-/m1/s1. The predicted molar refractivity (Wildman–Crippen MR) is 99.2 cm³/mol. The van der Waals surface area contributed by atoms with E-state index in [1.807, 2.05) is 18.2 Å². The van der Waals surface area contributed by atoms with Gasteiger partial charge in [-0.1, -0.05) is 30.3 Å². The number of benzene rings is 1. The van der Waals surface area contributed by atoms with Crippen LogP contribution >= 0.6 is 0 Å². The monoisotopic (exact) mass is 359 g/mol. The topological polar surface area (TPSA) is 84.7 Å². The van der Waals surface area contributed by atoms with Crippen LogP contribution in [0.3, 0.4) is 0 Å². The molecule has 6 nitrogen and oxygen atoms in total. The summed E-state index contributed by atoms with van der Waals surface area (Å²) in [5, 5.41) is 3.15. The number of nitrogens with one attached hydrogen (secondary N) is 1. The van der Waals surface area contributed by atoms with Crippen molar-refractivity contribution in [3.63, 3.8) is 0 Å². The van der Waals surface area contributed by atoms with Crippen LogP contribution in [0.25, 0.3) is 0 Å². The SMILES string of the molecule is NC(=O)C1CCN(CC(=O)N[C@@H]2CCC[C@H]2OCc2ccccc2)CC1. The highest BCUT2D eigenvalue weighted by Crippen LogP contribution is 2.23. The maximum Gasteiger partial charge on any atom is 0.234 e. The number of ether oxygens (including phenoxy) is 1. The van der Waals surface area contributed by atoms with E-state index in [9.17, 15) is 9.59 Å². The van der Waals surface area contributed by atoms with Gasteiger partial charge in [-0.15, -0.1) is 0 Å². The Morgan fingerprint density at radius 2 is 1.85 bits per heavy atom. The molecular formula is C20H29N3O3. The van der Waals surface area contributed by atoms with Gasteiger partial charge in [0.05, 0.1) is 25.3 Å². The van der Waals surface area contributed by atoms with Crippen molar-refractivity contribution >= 4 is 11.8 Å². The zero-order chi connectivity index (χ0) is 18.4. The van der Waals surface area contributed by atoms with E-state index in [2.05, 4.69) is 22.3 Å². The van der Waals surface area contributed by atoms with Crippen LogP contribution < -0.4 is 11.1 Å². The van der Waals surface area contributed by atoms with Crippen molar-refractivity contribution in [2.24, 2.45) is 11.7 Å². The number of likely N-dealkylation sites (tertiary alicyclic amines) is 1. The molecule has 1 heterocycles. The van der Waals surface area contributed by atoms with Gasteiger partial charge in [0.1, 0.15) is 0 Å². The number of hydrogen-bond donors (Lipinski definition) is 2. The molecule has 142 valence electrons. The molecule has 0 radical (unpaired) electrons. The molecule has 26 heavy (non-hydrogen) atoms.